The van der Waals surface area contributed by atoms with Crippen LogP contribution in [-0.2, 0) is 9.53 Å². The number of benzene rings is 1. The standard InChI is InChI=1S/C23H24N6O8/c1-9(2)14(29-20(35)10-5-3-4-6-11(10)21(29)36)19(34)27-23-25-17-13(18(33)26-23)24-8-28(17)22-16(32)15(31)12(7-30)37-22/h3-6,8-9,12,14-16,22,30-32H,7H2,1-2H3,(H2,25,26,27,33,34)/t12-,14-,15+,16-,22+/m0/s1. The van der Waals surface area contributed by atoms with E-state index in [1.807, 2.05) is 0 Å². The summed E-state index contributed by atoms with van der Waals surface area (Å²) in [5.74, 6) is -2.74. The second kappa shape index (κ2) is 9.15. The predicted molar refractivity (Wildman–Crippen MR) is 125 cm³/mol. The number of fused-ring (bicyclic) bond motifs is 2. The number of hydrogen-bond acceptors (Lipinski definition) is 10. The van der Waals surface area contributed by atoms with Crippen molar-refractivity contribution in [3.8, 4) is 0 Å². The van der Waals surface area contributed by atoms with E-state index in [4.69, 9.17) is 4.74 Å². The molecule has 0 unspecified atom stereocenters. The second-order valence-corrected chi connectivity index (χ2v) is 9.17. The molecule has 3 aromatic rings. The molecular formula is C23H24N6O8. The monoisotopic (exact) mass is 512 g/mol. The number of imide groups is 1. The van der Waals surface area contributed by atoms with E-state index in [2.05, 4.69) is 20.3 Å². The third-order valence-electron chi connectivity index (χ3n) is 6.47. The number of nitrogens with one attached hydrogen (secondary N) is 2. The smallest absolute Gasteiger partial charge is 0.280 e. The maximum absolute atomic E-state index is 13.3. The highest BCUT2D eigenvalue weighted by Gasteiger charge is 2.45. The molecule has 0 radical (unpaired) electrons. The largest absolute Gasteiger partial charge is 0.394 e. The number of rotatable bonds is 6. The van der Waals surface area contributed by atoms with E-state index in [1.165, 1.54) is 23.0 Å². The molecule has 14 heteroatoms. The Labute approximate surface area is 208 Å². The molecule has 0 saturated carbocycles. The summed E-state index contributed by atoms with van der Waals surface area (Å²) < 4.78 is 6.69. The quantitative estimate of drug-likeness (QED) is 0.255. The summed E-state index contributed by atoms with van der Waals surface area (Å²) in [5, 5.41) is 32.3. The van der Waals surface area contributed by atoms with Crippen LogP contribution in [0.15, 0.2) is 35.4 Å². The molecule has 37 heavy (non-hydrogen) atoms. The van der Waals surface area contributed by atoms with Gasteiger partial charge in [-0.25, -0.2) is 4.98 Å². The molecule has 194 valence electrons. The third kappa shape index (κ3) is 3.90. The number of anilines is 1. The van der Waals surface area contributed by atoms with Crippen LogP contribution in [0.5, 0.6) is 0 Å². The van der Waals surface area contributed by atoms with Crippen molar-refractivity contribution in [1.82, 2.24) is 24.4 Å². The van der Waals surface area contributed by atoms with Gasteiger partial charge in [0, 0.05) is 0 Å². The minimum Gasteiger partial charge on any atom is -0.394 e. The number of imidazole rings is 1. The zero-order valence-corrected chi connectivity index (χ0v) is 19.7. The van der Waals surface area contributed by atoms with Crippen LogP contribution < -0.4 is 10.9 Å². The van der Waals surface area contributed by atoms with Gasteiger partial charge in [-0.2, -0.15) is 4.98 Å². The number of H-pyrrole nitrogens is 1. The molecule has 5 rings (SSSR count). The van der Waals surface area contributed by atoms with Gasteiger partial charge >= 0.3 is 0 Å². The molecule has 5 N–H and O–H groups in total. The minimum atomic E-state index is -1.45. The van der Waals surface area contributed by atoms with Gasteiger partial charge in [0.05, 0.1) is 24.1 Å². The highest BCUT2D eigenvalue weighted by atomic mass is 16.6. The summed E-state index contributed by atoms with van der Waals surface area (Å²) in [7, 11) is 0. The summed E-state index contributed by atoms with van der Waals surface area (Å²) in [6.45, 7) is 2.79. The highest BCUT2D eigenvalue weighted by molar-refractivity contribution is 6.23. The molecular weight excluding hydrogens is 488 g/mol. The Morgan fingerprint density at radius 2 is 1.78 bits per heavy atom. The summed E-state index contributed by atoms with van der Waals surface area (Å²) in [6, 6.07) is 5.06. The second-order valence-electron chi connectivity index (χ2n) is 9.17. The number of amides is 3. The van der Waals surface area contributed by atoms with Crippen molar-refractivity contribution in [2.45, 2.75) is 44.4 Å². The minimum absolute atomic E-state index is 0.0734. The fourth-order valence-corrected chi connectivity index (χ4v) is 4.65. The number of carbonyl (C=O) groups excluding carboxylic acids is 3. The first-order chi connectivity index (χ1) is 17.6. The first-order valence-electron chi connectivity index (χ1n) is 11.5. The molecule has 1 fully saturated rings. The van der Waals surface area contributed by atoms with Gasteiger partial charge in [-0.05, 0) is 18.1 Å². The Bertz CT molecular complexity index is 1430. The molecule has 2 aromatic heterocycles. The van der Waals surface area contributed by atoms with Crippen molar-refractivity contribution < 1.29 is 34.4 Å². The van der Waals surface area contributed by atoms with Gasteiger partial charge in [0.25, 0.3) is 17.4 Å². The van der Waals surface area contributed by atoms with Crippen LogP contribution in [-0.4, -0.2) is 88.4 Å². The van der Waals surface area contributed by atoms with Crippen molar-refractivity contribution >= 4 is 34.8 Å². The van der Waals surface area contributed by atoms with Crippen LogP contribution in [0.25, 0.3) is 11.2 Å². The number of carbonyl (C=O) groups is 3. The van der Waals surface area contributed by atoms with E-state index in [0.29, 0.717) is 0 Å². The number of aromatic nitrogens is 4. The van der Waals surface area contributed by atoms with Gasteiger partial charge in [-0.15, -0.1) is 0 Å². The summed E-state index contributed by atoms with van der Waals surface area (Å²) in [5.41, 5.74) is -0.526. The van der Waals surface area contributed by atoms with Crippen molar-refractivity contribution in [1.29, 1.82) is 0 Å². The van der Waals surface area contributed by atoms with E-state index in [0.717, 1.165) is 4.90 Å². The highest BCUT2D eigenvalue weighted by Crippen LogP contribution is 2.31. The van der Waals surface area contributed by atoms with E-state index < -0.39 is 66.4 Å². The Morgan fingerprint density at radius 3 is 2.35 bits per heavy atom. The maximum atomic E-state index is 13.3. The summed E-state index contributed by atoms with van der Waals surface area (Å²) in [4.78, 5) is 63.4. The summed E-state index contributed by atoms with van der Waals surface area (Å²) in [6.07, 6.45) is -3.94. The fourth-order valence-electron chi connectivity index (χ4n) is 4.65. The first kappa shape index (κ1) is 24.7. The number of hydrogen-bond donors (Lipinski definition) is 5. The Balaban J connectivity index is 1.46. The molecule has 2 aliphatic rings. The van der Waals surface area contributed by atoms with Crippen molar-refractivity contribution in [2.75, 3.05) is 11.9 Å². The lowest BCUT2D eigenvalue weighted by atomic mass is 10.0. The number of nitrogens with zero attached hydrogens (tertiary/aromatic N) is 4. The topological polar surface area (TPSA) is 200 Å². The van der Waals surface area contributed by atoms with Crippen LogP contribution >= 0.6 is 0 Å². The van der Waals surface area contributed by atoms with Crippen LogP contribution in [0.1, 0.15) is 40.8 Å². The van der Waals surface area contributed by atoms with Crippen molar-refractivity contribution in [3.63, 3.8) is 0 Å². The zero-order chi connectivity index (χ0) is 26.6. The molecule has 0 aliphatic carbocycles. The van der Waals surface area contributed by atoms with Gasteiger partial charge in [0.15, 0.2) is 17.4 Å². The van der Waals surface area contributed by atoms with Crippen LogP contribution in [0.3, 0.4) is 0 Å². The van der Waals surface area contributed by atoms with Gasteiger partial charge in [0.1, 0.15) is 24.4 Å². The maximum Gasteiger partial charge on any atom is 0.280 e. The molecule has 2 aliphatic heterocycles. The Morgan fingerprint density at radius 1 is 1.14 bits per heavy atom. The number of aliphatic hydroxyl groups excluding tert-OH is 3. The van der Waals surface area contributed by atoms with Crippen molar-refractivity contribution in [2.24, 2.45) is 5.92 Å². The van der Waals surface area contributed by atoms with Gasteiger partial charge in [-0.3, -0.25) is 38.9 Å². The van der Waals surface area contributed by atoms with E-state index in [9.17, 15) is 34.5 Å². The van der Waals surface area contributed by atoms with E-state index >= 15 is 0 Å². The predicted octanol–water partition coefficient (Wildman–Crippen LogP) is -1.01. The van der Waals surface area contributed by atoms with Crippen LogP contribution in [0.2, 0.25) is 0 Å². The molecule has 3 amide bonds. The average molecular weight is 512 g/mol. The van der Waals surface area contributed by atoms with Crippen molar-refractivity contribution in [3.05, 3.63) is 52.1 Å². The molecule has 1 saturated heterocycles. The van der Waals surface area contributed by atoms with Gasteiger partial charge in [0.2, 0.25) is 11.9 Å². The zero-order valence-electron chi connectivity index (χ0n) is 19.7. The molecule has 4 heterocycles. The average Bonchev–Trinajstić information content (AvgIpc) is 3.49. The van der Waals surface area contributed by atoms with E-state index in [1.54, 1.807) is 26.0 Å². The lowest BCUT2D eigenvalue weighted by Crippen LogP contribution is -2.50. The lowest BCUT2D eigenvalue weighted by molar-refractivity contribution is -0.121. The first-order valence-corrected chi connectivity index (χ1v) is 11.5. The van der Waals surface area contributed by atoms with Crippen LogP contribution in [0.4, 0.5) is 5.95 Å². The SMILES string of the molecule is CC(C)[C@@H](C(=O)Nc1nc2c(ncn2[C@@H]2O[C@@H](CO)[C@@H](O)[C@@H]2O)c(=O)[nH]1)N1C(=O)c2ccccc2C1=O. The van der Waals surface area contributed by atoms with Gasteiger partial charge < -0.3 is 20.1 Å². The Kier molecular flexibility index (Phi) is 6.11. The molecule has 1 aromatic carbocycles. The third-order valence-corrected chi connectivity index (χ3v) is 6.47. The number of aliphatic hydroxyl groups is 3. The Hall–Kier alpha value is -3.98. The number of ether oxygens (including phenoxy) is 1. The fraction of sp³-hybridized carbons (Fsp3) is 0.391. The van der Waals surface area contributed by atoms with Crippen LogP contribution in [0, 0.1) is 5.92 Å². The molecule has 0 spiro atoms. The summed E-state index contributed by atoms with van der Waals surface area (Å²) >= 11 is 0. The molecule has 14 nitrogen and oxygen atoms in total. The molecule has 0 bridgehead atoms. The van der Waals surface area contributed by atoms with E-state index in [-0.39, 0.29) is 28.2 Å². The molecule has 5 atom stereocenters. The number of aromatic amines is 1. The normalized spacial score (nSPS) is 24.2. The lowest BCUT2D eigenvalue weighted by Gasteiger charge is -2.28. The van der Waals surface area contributed by atoms with Gasteiger partial charge in [-0.1, -0.05) is 26.0 Å².